The zero-order chi connectivity index (χ0) is 10.9. The van der Waals surface area contributed by atoms with Crippen molar-refractivity contribution in [3.63, 3.8) is 0 Å². The maximum Gasteiger partial charge on any atom is 0.238 e. The fourth-order valence-corrected chi connectivity index (χ4v) is 2.15. The molecule has 1 atom stereocenters. The molecule has 0 aromatic heterocycles. The first-order valence-corrected chi connectivity index (χ1v) is 6.07. The van der Waals surface area contributed by atoms with Crippen LogP contribution in [0.4, 0.5) is 0 Å². The van der Waals surface area contributed by atoms with Crippen molar-refractivity contribution >= 4 is 52.6 Å². The molecule has 1 unspecified atom stereocenters. The molecule has 80 valence electrons. The summed E-state index contributed by atoms with van der Waals surface area (Å²) in [5.74, 6) is 0.497. The third kappa shape index (κ3) is 2.72. The van der Waals surface area contributed by atoms with E-state index < -0.39 is 9.23 Å². The quantitative estimate of drug-likeness (QED) is 0.577. The predicted molar refractivity (Wildman–Crippen MR) is 65.7 cm³/mol. The third-order valence-corrected chi connectivity index (χ3v) is 3.63. The highest BCUT2D eigenvalue weighted by molar-refractivity contribution is 7.99. The first-order chi connectivity index (χ1) is 7.07. The van der Waals surface area contributed by atoms with Crippen molar-refractivity contribution in [2.75, 3.05) is 0 Å². The van der Waals surface area contributed by atoms with Crippen LogP contribution in [0, 0.1) is 0 Å². The van der Waals surface area contributed by atoms with Crippen molar-refractivity contribution in [3.8, 4) is 0 Å². The number of alkyl halides is 3. The summed E-state index contributed by atoms with van der Waals surface area (Å²) in [6.45, 7) is 0. The number of hydrogen-bond donors (Lipinski definition) is 0. The van der Waals surface area contributed by atoms with Gasteiger partial charge in [0.1, 0.15) is 0 Å². The van der Waals surface area contributed by atoms with E-state index in [0.717, 1.165) is 17.5 Å². The first kappa shape index (κ1) is 11.4. The van der Waals surface area contributed by atoms with Gasteiger partial charge in [0.2, 0.25) is 15.1 Å². The summed E-state index contributed by atoms with van der Waals surface area (Å²) in [4.78, 5) is 0. The number of rotatable bonds is 1. The molecule has 2 nitrogen and oxygen atoms in total. The lowest BCUT2D eigenvalue weighted by molar-refractivity contribution is 0.290. The number of ether oxygens (including phenoxy) is 1. The number of benzene rings is 1. The minimum Gasteiger partial charge on any atom is -0.456 e. The van der Waals surface area contributed by atoms with Crippen LogP contribution in [0.1, 0.15) is 5.56 Å². The molecular weight excluding hydrogens is 277 g/mol. The van der Waals surface area contributed by atoms with E-state index in [4.69, 9.17) is 39.5 Å². The Hall–Kier alpha value is -0.0900. The summed E-state index contributed by atoms with van der Waals surface area (Å²) in [6, 6.07) is 9.49. The van der Waals surface area contributed by atoms with E-state index in [1.807, 2.05) is 30.3 Å². The molecule has 6 heteroatoms. The molecule has 1 aromatic rings. The van der Waals surface area contributed by atoms with Gasteiger partial charge in [0.25, 0.3) is 0 Å². The molecule has 2 rings (SSSR count). The highest BCUT2D eigenvalue weighted by Gasteiger charge is 2.39. The van der Waals surface area contributed by atoms with Gasteiger partial charge in [-0.05, 0) is 12.1 Å². The Kier molecular flexibility index (Phi) is 3.36. The van der Waals surface area contributed by atoms with Crippen molar-refractivity contribution in [3.05, 3.63) is 35.9 Å². The molecule has 0 N–H and O–H groups in total. The number of halogens is 3. The lowest BCUT2D eigenvalue weighted by atomic mass is 10.2. The number of nitrogens with zero attached hydrogens (tertiary/aromatic N) is 1. The zero-order valence-corrected chi connectivity index (χ0v) is 10.4. The fraction of sp³-hybridized carbons (Fsp3) is 0.222. The van der Waals surface area contributed by atoms with E-state index >= 15 is 0 Å². The number of hydrogen-bond acceptors (Lipinski definition) is 3. The van der Waals surface area contributed by atoms with Crippen LogP contribution in [-0.2, 0) is 4.74 Å². The van der Waals surface area contributed by atoms with Crippen molar-refractivity contribution in [1.29, 1.82) is 0 Å². The predicted octanol–water partition coefficient (Wildman–Crippen LogP) is 3.81. The Labute approximate surface area is 107 Å². The van der Waals surface area contributed by atoms with Gasteiger partial charge >= 0.3 is 0 Å². The Morgan fingerprint density at radius 3 is 2.40 bits per heavy atom. The second-order valence-corrected chi connectivity index (χ2v) is 6.05. The zero-order valence-electron chi connectivity index (χ0n) is 7.36. The molecule has 1 aliphatic heterocycles. The monoisotopic (exact) mass is 281 g/mol. The van der Waals surface area contributed by atoms with Gasteiger partial charge < -0.3 is 4.74 Å². The third-order valence-electron chi connectivity index (χ3n) is 1.74. The minimum atomic E-state index is -1.47. The maximum absolute atomic E-state index is 5.70. The summed E-state index contributed by atoms with van der Waals surface area (Å²) < 4.78 is 8.07. The molecule has 0 aliphatic carbocycles. The molecule has 0 saturated carbocycles. The fourth-order valence-electron chi connectivity index (χ4n) is 1.07. The van der Waals surface area contributed by atoms with Crippen LogP contribution in [0.3, 0.4) is 0 Å². The van der Waals surface area contributed by atoms with Crippen molar-refractivity contribution in [1.82, 2.24) is 0 Å². The molecule has 0 fully saturated rings. The lowest BCUT2D eigenvalue weighted by Gasteiger charge is -2.17. The van der Waals surface area contributed by atoms with Gasteiger partial charge in [0.05, 0.1) is 0 Å². The van der Waals surface area contributed by atoms with E-state index in [-0.39, 0.29) is 0 Å². The summed E-state index contributed by atoms with van der Waals surface area (Å²) in [6.07, 6.45) is 0. The second kappa shape index (κ2) is 4.42. The minimum absolute atomic E-state index is 0.497. The molecule has 1 aromatic carbocycles. The van der Waals surface area contributed by atoms with Gasteiger partial charge in [-0.3, -0.25) is 0 Å². The molecule has 0 spiro atoms. The Balaban J connectivity index is 2.11. The molecule has 15 heavy (non-hydrogen) atoms. The topological polar surface area (TPSA) is 21.6 Å². The van der Waals surface area contributed by atoms with Crippen LogP contribution < -0.4 is 0 Å². The normalized spacial score (nSPS) is 21.0. The summed E-state index contributed by atoms with van der Waals surface area (Å²) >= 11 is 18.2. The van der Waals surface area contributed by atoms with E-state index in [1.54, 1.807) is 0 Å². The first-order valence-electron chi connectivity index (χ1n) is 4.10. The van der Waals surface area contributed by atoms with Crippen molar-refractivity contribution in [2.45, 2.75) is 9.23 Å². The van der Waals surface area contributed by atoms with Gasteiger partial charge in [0.15, 0.2) is 0 Å². The average molecular weight is 283 g/mol. The average Bonchev–Trinajstić information content (AvgIpc) is 2.67. The molecule has 1 heterocycles. The molecular formula is C9H6Cl3NOS. The van der Waals surface area contributed by atoms with Crippen molar-refractivity contribution < 1.29 is 4.74 Å². The second-order valence-electron chi connectivity index (χ2n) is 2.86. The van der Waals surface area contributed by atoms with Gasteiger partial charge in [0, 0.05) is 17.5 Å². The summed E-state index contributed by atoms with van der Waals surface area (Å²) in [5, 5.41) is 0. The Morgan fingerprint density at radius 2 is 1.87 bits per heavy atom. The largest absolute Gasteiger partial charge is 0.456 e. The molecule has 0 bridgehead atoms. The highest BCUT2D eigenvalue weighted by Crippen LogP contribution is 2.42. The van der Waals surface area contributed by atoms with Crippen LogP contribution >= 0.6 is 46.8 Å². The Morgan fingerprint density at radius 1 is 1.20 bits per heavy atom. The van der Waals surface area contributed by atoms with Crippen LogP contribution in [-0.4, -0.2) is 15.1 Å². The molecule has 0 saturated heterocycles. The summed E-state index contributed by atoms with van der Waals surface area (Å²) in [5.41, 5.74) is 0.291. The van der Waals surface area contributed by atoms with E-state index in [0.29, 0.717) is 5.90 Å². The van der Waals surface area contributed by atoms with Gasteiger partial charge in [-0.25, -0.2) is 0 Å². The molecule has 0 radical (unpaired) electrons. The smallest absolute Gasteiger partial charge is 0.238 e. The molecule has 1 aliphatic rings. The van der Waals surface area contributed by atoms with Crippen molar-refractivity contribution in [2.24, 2.45) is 4.40 Å². The van der Waals surface area contributed by atoms with Gasteiger partial charge in [-0.2, -0.15) is 4.40 Å². The maximum atomic E-state index is 5.70. The van der Waals surface area contributed by atoms with E-state index in [2.05, 4.69) is 4.40 Å². The SMILES string of the molecule is ClC(Cl)(Cl)C1OC(c2ccccc2)=NS1. The van der Waals surface area contributed by atoms with Gasteiger partial charge in [-0.15, -0.1) is 0 Å². The van der Waals surface area contributed by atoms with Crippen LogP contribution in [0.5, 0.6) is 0 Å². The van der Waals surface area contributed by atoms with Gasteiger partial charge in [-0.1, -0.05) is 53.0 Å². The molecule has 0 amide bonds. The van der Waals surface area contributed by atoms with E-state index in [9.17, 15) is 0 Å². The standard InChI is InChI=1S/C9H6Cl3NOS/c10-9(11,12)8-14-7(13-15-8)6-4-2-1-3-5-6/h1-5,8H. The van der Waals surface area contributed by atoms with E-state index in [1.165, 1.54) is 0 Å². The lowest BCUT2D eigenvalue weighted by Crippen LogP contribution is -2.24. The Bertz CT molecular complexity index is 377. The van der Waals surface area contributed by atoms with Crippen LogP contribution in [0.15, 0.2) is 34.7 Å². The van der Waals surface area contributed by atoms with Crippen LogP contribution in [0.25, 0.3) is 0 Å². The highest BCUT2D eigenvalue weighted by atomic mass is 35.6. The van der Waals surface area contributed by atoms with Crippen LogP contribution in [0.2, 0.25) is 0 Å². The summed E-state index contributed by atoms with van der Waals surface area (Å²) in [7, 11) is 0.